The molecule has 0 saturated heterocycles. The number of nitrogens with two attached hydrogens (primary N) is 1. The molecule has 0 fully saturated rings. The van der Waals surface area contributed by atoms with Gasteiger partial charge < -0.3 is 15.8 Å². The number of unbranched alkanes of at least 4 members (excludes halogenated alkanes) is 1. The molecular weight excluding hydrogens is 218 g/mol. The van der Waals surface area contributed by atoms with Crippen LogP contribution in [0, 0.1) is 5.92 Å². The molecule has 96 valence electrons. The quantitative estimate of drug-likeness (QED) is 0.494. The highest BCUT2D eigenvalue weighted by atomic mass is 16.2. The Morgan fingerprint density at radius 2 is 2.41 bits per heavy atom. The minimum atomic E-state index is -0.370. The van der Waals surface area contributed by atoms with Gasteiger partial charge in [0.25, 0.3) is 0 Å². The van der Waals surface area contributed by atoms with E-state index in [4.69, 9.17) is 5.73 Å². The van der Waals surface area contributed by atoms with Gasteiger partial charge in [0, 0.05) is 12.8 Å². The van der Waals surface area contributed by atoms with Crippen LogP contribution in [0.5, 0.6) is 0 Å². The molecule has 0 aromatic carbocycles. The molecule has 0 radical (unpaired) electrons. The van der Waals surface area contributed by atoms with Crippen molar-refractivity contribution in [2.45, 2.75) is 44.7 Å². The number of hydrogen-bond donors (Lipinski definition) is 2. The second-order valence-electron chi connectivity index (χ2n) is 4.58. The van der Waals surface area contributed by atoms with Crippen molar-refractivity contribution in [3.05, 3.63) is 0 Å². The monoisotopic (exact) mass is 239 g/mol. The predicted molar refractivity (Wildman–Crippen MR) is 67.0 cm³/mol. The first kappa shape index (κ1) is 13.8. The molecule has 5 nitrogen and oxygen atoms in total. The van der Waals surface area contributed by atoms with E-state index in [0.717, 1.165) is 25.5 Å². The van der Waals surface area contributed by atoms with E-state index in [2.05, 4.69) is 10.3 Å². The summed E-state index contributed by atoms with van der Waals surface area (Å²) < 4.78 is 0. The molecule has 1 aliphatic heterocycles. The maximum absolute atomic E-state index is 11.7. The van der Waals surface area contributed by atoms with Crippen molar-refractivity contribution in [3.63, 3.8) is 0 Å². The fourth-order valence-electron chi connectivity index (χ4n) is 1.83. The van der Waals surface area contributed by atoms with Crippen molar-refractivity contribution in [2.24, 2.45) is 16.6 Å². The van der Waals surface area contributed by atoms with Gasteiger partial charge >= 0.3 is 0 Å². The van der Waals surface area contributed by atoms with Crippen LogP contribution in [0.4, 0.5) is 0 Å². The van der Waals surface area contributed by atoms with Crippen LogP contribution in [0.1, 0.15) is 32.6 Å². The molecule has 0 aromatic heterocycles. The standard InChI is InChI=1S/C12H21N3O2/c1-9-5-7-14-11(9)12(17)15-6-3-2-4-10(13)8-16/h7-11H,2-6,13H2,1H3,(H,15,17)/t9-,10+,11-/m1/s1. The minimum absolute atomic E-state index is 0.00550. The smallest absolute Gasteiger partial charge is 0.245 e. The van der Waals surface area contributed by atoms with Gasteiger partial charge in [0.1, 0.15) is 12.3 Å². The molecule has 1 heterocycles. The number of carbonyl (C=O) groups excluding carboxylic acids is 2. The zero-order chi connectivity index (χ0) is 12.7. The van der Waals surface area contributed by atoms with Gasteiger partial charge in [-0.15, -0.1) is 0 Å². The Hall–Kier alpha value is -1.23. The van der Waals surface area contributed by atoms with Crippen LogP contribution in [0.3, 0.4) is 0 Å². The van der Waals surface area contributed by atoms with Crippen molar-refractivity contribution in [1.29, 1.82) is 0 Å². The molecule has 0 aromatic rings. The Balaban J connectivity index is 2.08. The third-order valence-electron chi connectivity index (χ3n) is 2.99. The number of nitrogens with one attached hydrogen (secondary N) is 1. The number of amides is 1. The van der Waals surface area contributed by atoms with E-state index >= 15 is 0 Å². The maximum Gasteiger partial charge on any atom is 0.245 e. The predicted octanol–water partition coefficient (Wildman–Crippen LogP) is 0.278. The van der Waals surface area contributed by atoms with Gasteiger partial charge in [-0.05, 0) is 31.6 Å². The average molecular weight is 239 g/mol. The first-order chi connectivity index (χ1) is 8.15. The average Bonchev–Trinajstić information content (AvgIpc) is 2.74. The highest BCUT2D eigenvalue weighted by molar-refractivity contribution is 5.85. The van der Waals surface area contributed by atoms with Crippen molar-refractivity contribution in [3.8, 4) is 0 Å². The number of carbonyl (C=O) groups is 2. The first-order valence-corrected chi connectivity index (χ1v) is 6.15. The summed E-state index contributed by atoms with van der Waals surface area (Å²) in [6, 6.07) is -0.586. The van der Waals surface area contributed by atoms with Crippen LogP contribution < -0.4 is 11.1 Å². The van der Waals surface area contributed by atoms with Crippen LogP contribution in [0.2, 0.25) is 0 Å². The van der Waals surface area contributed by atoms with Crippen molar-refractivity contribution in [2.75, 3.05) is 6.54 Å². The molecule has 3 atom stereocenters. The van der Waals surface area contributed by atoms with Crippen molar-refractivity contribution in [1.82, 2.24) is 5.32 Å². The molecule has 0 bridgehead atoms. The third-order valence-corrected chi connectivity index (χ3v) is 2.99. The first-order valence-electron chi connectivity index (χ1n) is 6.15. The normalized spacial score (nSPS) is 24.6. The zero-order valence-electron chi connectivity index (χ0n) is 10.3. The lowest BCUT2D eigenvalue weighted by molar-refractivity contribution is -0.123. The van der Waals surface area contributed by atoms with Crippen LogP contribution in [0.25, 0.3) is 0 Å². The summed E-state index contributed by atoms with van der Waals surface area (Å²) in [6.45, 7) is 2.66. The summed E-state index contributed by atoms with van der Waals surface area (Å²) in [5, 5.41) is 2.86. The molecule has 1 rings (SSSR count). The number of rotatable bonds is 7. The topological polar surface area (TPSA) is 84.6 Å². The molecule has 3 N–H and O–H groups in total. The van der Waals surface area contributed by atoms with Crippen LogP contribution in [-0.2, 0) is 9.59 Å². The lowest BCUT2D eigenvalue weighted by Gasteiger charge is -2.13. The Morgan fingerprint density at radius 1 is 1.65 bits per heavy atom. The van der Waals surface area contributed by atoms with Gasteiger partial charge in [0.15, 0.2) is 0 Å². The molecule has 1 amide bonds. The second kappa shape index (κ2) is 7.17. The fourth-order valence-corrected chi connectivity index (χ4v) is 1.83. The SMILES string of the molecule is C[C@@H]1CC=N[C@H]1C(=O)NCCCC[C@H](N)C=O. The summed E-state index contributed by atoms with van der Waals surface area (Å²) in [5.41, 5.74) is 5.46. The number of nitrogens with zero attached hydrogens (tertiary/aromatic N) is 1. The number of hydrogen-bond acceptors (Lipinski definition) is 4. The van der Waals surface area contributed by atoms with E-state index in [1.54, 1.807) is 0 Å². The Labute approximate surface area is 102 Å². The highest BCUT2D eigenvalue weighted by Gasteiger charge is 2.26. The summed E-state index contributed by atoms with van der Waals surface area (Å²) in [4.78, 5) is 26.1. The second-order valence-corrected chi connectivity index (χ2v) is 4.58. The van der Waals surface area contributed by atoms with Gasteiger partial charge in [-0.25, -0.2) is 0 Å². The highest BCUT2D eigenvalue weighted by Crippen LogP contribution is 2.16. The summed E-state index contributed by atoms with van der Waals surface area (Å²) in [7, 11) is 0. The number of aliphatic imine (C=N–C) groups is 1. The van der Waals surface area contributed by atoms with E-state index in [1.807, 2.05) is 13.1 Å². The summed E-state index contributed by atoms with van der Waals surface area (Å²) in [6.07, 6.45) is 5.83. The Kier molecular flexibility index (Phi) is 5.83. The number of aldehydes is 1. The molecule has 0 saturated carbocycles. The molecule has 17 heavy (non-hydrogen) atoms. The van der Waals surface area contributed by atoms with Crippen LogP contribution >= 0.6 is 0 Å². The van der Waals surface area contributed by atoms with E-state index < -0.39 is 0 Å². The van der Waals surface area contributed by atoms with Gasteiger partial charge in [-0.1, -0.05) is 6.92 Å². The Bertz CT molecular complexity index is 291. The van der Waals surface area contributed by atoms with E-state index in [0.29, 0.717) is 18.9 Å². The van der Waals surface area contributed by atoms with Gasteiger partial charge in [-0.2, -0.15) is 0 Å². The van der Waals surface area contributed by atoms with Crippen LogP contribution in [0.15, 0.2) is 4.99 Å². The fraction of sp³-hybridized carbons (Fsp3) is 0.750. The van der Waals surface area contributed by atoms with Gasteiger partial charge in [0.05, 0.1) is 6.04 Å². The third kappa shape index (κ3) is 4.65. The molecule has 5 heteroatoms. The zero-order valence-corrected chi connectivity index (χ0v) is 10.3. The largest absolute Gasteiger partial charge is 0.354 e. The van der Waals surface area contributed by atoms with Crippen molar-refractivity contribution >= 4 is 18.4 Å². The van der Waals surface area contributed by atoms with Gasteiger partial charge in [0.2, 0.25) is 5.91 Å². The summed E-state index contributed by atoms with van der Waals surface area (Å²) in [5.74, 6) is 0.310. The molecule has 0 spiro atoms. The van der Waals surface area contributed by atoms with Crippen molar-refractivity contribution < 1.29 is 9.59 Å². The van der Waals surface area contributed by atoms with Gasteiger partial charge in [-0.3, -0.25) is 9.79 Å². The summed E-state index contributed by atoms with van der Waals surface area (Å²) >= 11 is 0. The van der Waals surface area contributed by atoms with E-state index in [9.17, 15) is 9.59 Å². The molecule has 0 unspecified atom stereocenters. The Morgan fingerprint density at radius 3 is 3.00 bits per heavy atom. The van der Waals surface area contributed by atoms with Crippen LogP contribution in [-0.4, -0.2) is 37.0 Å². The maximum atomic E-state index is 11.7. The lowest BCUT2D eigenvalue weighted by Crippen LogP contribution is -2.36. The molecular formula is C12H21N3O2. The molecule has 1 aliphatic rings. The molecule has 0 aliphatic carbocycles. The minimum Gasteiger partial charge on any atom is -0.354 e. The van der Waals surface area contributed by atoms with E-state index in [-0.39, 0.29) is 18.0 Å². The van der Waals surface area contributed by atoms with E-state index in [1.165, 1.54) is 0 Å². The lowest BCUT2D eigenvalue weighted by atomic mass is 10.0.